The van der Waals surface area contributed by atoms with Gasteiger partial charge in [-0.3, -0.25) is 0 Å². The van der Waals surface area contributed by atoms with Crippen molar-refractivity contribution in [3.63, 3.8) is 0 Å². The summed E-state index contributed by atoms with van der Waals surface area (Å²) in [4.78, 5) is 12.9. The molecule has 5 heteroatoms. The lowest BCUT2D eigenvalue weighted by Crippen LogP contribution is -2.44. The van der Waals surface area contributed by atoms with Gasteiger partial charge in [-0.15, -0.1) is 0 Å². The van der Waals surface area contributed by atoms with E-state index in [4.69, 9.17) is 16.7 Å². The Balaban J connectivity index is 1.68. The smallest absolute Gasteiger partial charge is 0.404 e. The number of rotatable bonds is 3. The normalized spacial score (nSPS) is 16.0. The second-order valence-electron chi connectivity index (χ2n) is 5.12. The molecular formula is C16H19ClN2O2. The molecule has 4 nitrogen and oxygen atoms in total. The van der Waals surface area contributed by atoms with E-state index in [-0.39, 0.29) is 6.04 Å². The summed E-state index contributed by atoms with van der Waals surface area (Å²) < 4.78 is 0. The van der Waals surface area contributed by atoms with Crippen molar-refractivity contribution in [3.05, 3.63) is 34.9 Å². The zero-order chi connectivity index (χ0) is 15.1. The minimum Gasteiger partial charge on any atom is -0.465 e. The maximum absolute atomic E-state index is 10.6. The lowest BCUT2D eigenvalue weighted by molar-refractivity contribution is 0.169. The van der Waals surface area contributed by atoms with Gasteiger partial charge < -0.3 is 15.3 Å². The van der Waals surface area contributed by atoms with Gasteiger partial charge in [-0.2, -0.15) is 0 Å². The van der Waals surface area contributed by atoms with Crippen molar-refractivity contribution in [1.29, 1.82) is 0 Å². The second kappa shape index (κ2) is 7.92. The molecule has 0 bridgehead atoms. The van der Waals surface area contributed by atoms with E-state index in [9.17, 15) is 4.79 Å². The highest BCUT2D eigenvalue weighted by Gasteiger charge is 2.19. The van der Waals surface area contributed by atoms with Crippen molar-refractivity contribution in [3.8, 4) is 11.8 Å². The number of amides is 1. The molecule has 1 heterocycles. The van der Waals surface area contributed by atoms with Crippen LogP contribution in [0.4, 0.5) is 4.79 Å². The molecule has 1 aliphatic rings. The fourth-order valence-electron chi connectivity index (χ4n) is 2.39. The van der Waals surface area contributed by atoms with Crippen molar-refractivity contribution in [2.75, 3.05) is 19.6 Å². The zero-order valence-corrected chi connectivity index (χ0v) is 12.6. The highest BCUT2D eigenvalue weighted by Crippen LogP contribution is 2.11. The fraction of sp³-hybridized carbons (Fsp3) is 0.438. The lowest BCUT2D eigenvalue weighted by atomic mass is 10.1. The number of likely N-dealkylation sites (tertiary alicyclic amines) is 1. The number of hydrogen-bond acceptors (Lipinski definition) is 2. The molecule has 1 amide bonds. The molecule has 1 fully saturated rings. The molecule has 2 rings (SSSR count). The van der Waals surface area contributed by atoms with Crippen molar-refractivity contribution in [2.45, 2.75) is 25.3 Å². The number of nitrogens with zero attached hydrogens (tertiary/aromatic N) is 1. The third-order valence-corrected chi connectivity index (χ3v) is 3.80. The SMILES string of the molecule is O=C(O)NC1CCN(CCC#Cc2ccc(Cl)cc2)CC1. The van der Waals surface area contributed by atoms with Crippen LogP contribution in [0.5, 0.6) is 0 Å². The van der Waals surface area contributed by atoms with Gasteiger partial charge in [0.15, 0.2) is 0 Å². The third-order valence-electron chi connectivity index (χ3n) is 3.55. The van der Waals surface area contributed by atoms with Gasteiger partial charge in [-0.05, 0) is 37.1 Å². The molecule has 0 aromatic heterocycles. The Hall–Kier alpha value is -1.70. The first-order valence-electron chi connectivity index (χ1n) is 7.10. The number of carboxylic acid groups (broad SMARTS) is 1. The van der Waals surface area contributed by atoms with Crippen LogP contribution in [0.1, 0.15) is 24.8 Å². The number of hydrogen-bond donors (Lipinski definition) is 2. The molecule has 0 atom stereocenters. The van der Waals surface area contributed by atoms with Gasteiger partial charge in [0.1, 0.15) is 0 Å². The second-order valence-corrected chi connectivity index (χ2v) is 5.56. The number of halogens is 1. The zero-order valence-electron chi connectivity index (χ0n) is 11.8. The van der Waals surface area contributed by atoms with E-state index in [2.05, 4.69) is 22.1 Å². The van der Waals surface area contributed by atoms with Crippen LogP contribution in [-0.4, -0.2) is 41.8 Å². The molecule has 1 aromatic carbocycles. The summed E-state index contributed by atoms with van der Waals surface area (Å²) in [6, 6.07) is 7.60. The Labute approximate surface area is 130 Å². The summed E-state index contributed by atoms with van der Waals surface area (Å²) >= 11 is 5.82. The average molecular weight is 307 g/mol. The molecule has 2 N–H and O–H groups in total. The van der Waals surface area contributed by atoms with Crippen molar-refractivity contribution in [1.82, 2.24) is 10.2 Å². The molecule has 1 aromatic rings. The van der Waals surface area contributed by atoms with Crippen LogP contribution in [-0.2, 0) is 0 Å². The van der Waals surface area contributed by atoms with Crippen molar-refractivity contribution in [2.24, 2.45) is 0 Å². The quantitative estimate of drug-likeness (QED) is 0.844. The van der Waals surface area contributed by atoms with Crippen LogP contribution in [0.2, 0.25) is 5.02 Å². The standard InChI is InChI=1S/C16H19ClN2O2/c17-14-6-4-13(5-7-14)3-1-2-10-19-11-8-15(9-12-19)18-16(20)21/h4-7,15,18H,2,8-12H2,(H,20,21). The molecule has 0 unspecified atom stereocenters. The Kier molecular flexibility index (Phi) is 5.91. The van der Waals surface area contributed by atoms with E-state index >= 15 is 0 Å². The number of nitrogens with one attached hydrogen (secondary N) is 1. The van der Waals surface area contributed by atoms with Crippen LogP contribution in [0.25, 0.3) is 0 Å². The maximum Gasteiger partial charge on any atom is 0.404 e. The number of benzene rings is 1. The van der Waals surface area contributed by atoms with E-state index in [1.165, 1.54) is 0 Å². The van der Waals surface area contributed by atoms with Crippen LogP contribution >= 0.6 is 11.6 Å². The molecular weight excluding hydrogens is 288 g/mol. The number of piperidine rings is 1. The minimum atomic E-state index is -0.928. The van der Waals surface area contributed by atoms with Gasteiger partial charge in [0.25, 0.3) is 0 Å². The fourth-order valence-corrected chi connectivity index (χ4v) is 2.51. The van der Waals surface area contributed by atoms with E-state index in [0.29, 0.717) is 0 Å². The Morgan fingerprint density at radius 2 is 2.00 bits per heavy atom. The lowest BCUT2D eigenvalue weighted by Gasteiger charge is -2.31. The van der Waals surface area contributed by atoms with Gasteiger partial charge in [0, 0.05) is 42.7 Å². The van der Waals surface area contributed by atoms with Gasteiger partial charge in [-0.25, -0.2) is 4.79 Å². The largest absolute Gasteiger partial charge is 0.465 e. The highest BCUT2D eigenvalue weighted by molar-refractivity contribution is 6.30. The first kappa shape index (κ1) is 15.7. The molecule has 1 saturated heterocycles. The predicted molar refractivity (Wildman–Crippen MR) is 83.6 cm³/mol. The first-order chi connectivity index (χ1) is 10.1. The first-order valence-corrected chi connectivity index (χ1v) is 7.47. The monoisotopic (exact) mass is 306 g/mol. The van der Waals surface area contributed by atoms with E-state index < -0.39 is 6.09 Å². The number of carbonyl (C=O) groups is 1. The topological polar surface area (TPSA) is 52.6 Å². The van der Waals surface area contributed by atoms with E-state index in [0.717, 1.165) is 49.5 Å². The third kappa shape index (κ3) is 5.66. The van der Waals surface area contributed by atoms with Gasteiger partial charge in [0.2, 0.25) is 0 Å². The average Bonchev–Trinajstić information content (AvgIpc) is 2.46. The summed E-state index contributed by atoms with van der Waals surface area (Å²) in [6.07, 6.45) is 1.63. The molecule has 0 aliphatic carbocycles. The highest BCUT2D eigenvalue weighted by atomic mass is 35.5. The van der Waals surface area contributed by atoms with E-state index in [1.54, 1.807) is 0 Å². The predicted octanol–water partition coefficient (Wildman–Crippen LogP) is 2.81. The van der Waals surface area contributed by atoms with Gasteiger partial charge in [0.05, 0.1) is 0 Å². The van der Waals surface area contributed by atoms with Crippen molar-refractivity contribution >= 4 is 17.7 Å². The molecule has 0 saturated carbocycles. The van der Waals surface area contributed by atoms with Crippen LogP contribution < -0.4 is 5.32 Å². The van der Waals surface area contributed by atoms with Crippen LogP contribution in [0.3, 0.4) is 0 Å². The Morgan fingerprint density at radius 3 is 2.62 bits per heavy atom. The maximum atomic E-state index is 10.6. The van der Waals surface area contributed by atoms with Gasteiger partial charge in [-0.1, -0.05) is 23.4 Å². The molecule has 0 radical (unpaired) electrons. The molecule has 0 spiro atoms. The summed E-state index contributed by atoms with van der Waals surface area (Å²) in [5, 5.41) is 11.9. The summed E-state index contributed by atoms with van der Waals surface area (Å²) in [5.74, 6) is 6.29. The molecule has 1 aliphatic heterocycles. The van der Waals surface area contributed by atoms with Gasteiger partial charge >= 0.3 is 6.09 Å². The van der Waals surface area contributed by atoms with Crippen LogP contribution in [0.15, 0.2) is 24.3 Å². The summed E-state index contributed by atoms with van der Waals surface area (Å²) in [5.41, 5.74) is 0.976. The molecule has 112 valence electrons. The molecule has 21 heavy (non-hydrogen) atoms. The van der Waals surface area contributed by atoms with E-state index in [1.807, 2.05) is 24.3 Å². The summed E-state index contributed by atoms with van der Waals surface area (Å²) in [6.45, 7) is 2.78. The minimum absolute atomic E-state index is 0.0962. The van der Waals surface area contributed by atoms with Crippen molar-refractivity contribution < 1.29 is 9.90 Å². The van der Waals surface area contributed by atoms with Crippen LogP contribution in [0, 0.1) is 11.8 Å². The summed E-state index contributed by atoms with van der Waals surface area (Å²) in [7, 11) is 0. The Morgan fingerprint density at radius 1 is 1.33 bits per heavy atom. The Bertz CT molecular complexity index is 525.